The number of para-hydroxylation sites is 2. The molecule has 0 radical (unpaired) electrons. The van der Waals surface area contributed by atoms with Gasteiger partial charge in [-0.15, -0.1) is 0 Å². The van der Waals surface area contributed by atoms with E-state index in [-0.39, 0.29) is 18.4 Å². The Morgan fingerprint density at radius 2 is 1.76 bits per heavy atom. The highest BCUT2D eigenvalue weighted by molar-refractivity contribution is 5.93. The molecule has 0 unspecified atom stereocenters. The average molecular weight is 340 g/mol. The predicted octanol–water partition coefficient (Wildman–Crippen LogP) is 1.84. The highest BCUT2D eigenvalue weighted by Crippen LogP contribution is 2.30. The van der Waals surface area contributed by atoms with Crippen molar-refractivity contribution in [3.63, 3.8) is 0 Å². The third-order valence-corrected chi connectivity index (χ3v) is 3.87. The van der Waals surface area contributed by atoms with Crippen LogP contribution >= 0.6 is 0 Å². The van der Waals surface area contributed by atoms with Gasteiger partial charge in [0.1, 0.15) is 6.61 Å². The number of fused-ring (bicyclic) bond motifs is 1. The minimum atomic E-state index is -0.676. The highest BCUT2D eigenvalue weighted by atomic mass is 16.6. The number of carbonyl (C=O) groups excluding carboxylic acids is 2. The monoisotopic (exact) mass is 340 g/mol. The summed E-state index contributed by atoms with van der Waals surface area (Å²) in [5.74, 6) is 0.929. The van der Waals surface area contributed by atoms with Crippen LogP contribution in [-0.2, 0) is 11.3 Å². The number of nitrogens with zero attached hydrogens (tertiary/aromatic N) is 1. The molecule has 25 heavy (non-hydrogen) atoms. The number of rotatable bonds is 4. The number of hydrogen-bond acceptors (Lipinski definition) is 4. The molecular formula is C19H20N2O4. The zero-order chi connectivity index (χ0) is 17.8. The maximum Gasteiger partial charge on any atom is 0.264 e. The summed E-state index contributed by atoms with van der Waals surface area (Å²) in [6.07, 6.45) is -0.676. The van der Waals surface area contributed by atoms with Crippen LogP contribution in [0.2, 0.25) is 0 Å². The smallest absolute Gasteiger partial charge is 0.264 e. The van der Waals surface area contributed by atoms with Gasteiger partial charge in [0, 0.05) is 26.2 Å². The van der Waals surface area contributed by atoms with Crippen molar-refractivity contribution in [1.29, 1.82) is 0 Å². The summed E-state index contributed by atoms with van der Waals surface area (Å²) >= 11 is 0. The fraction of sp³-hybridized carbons (Fsp3) is 0.263. The van der Waals surface area contributed by atoms with Gasteiger partial charge in [-0.25, -0.2) is 0 Å². The third-order valence-electron chi connectivity index (χ3n) is 3.87. The van der Waals surface area contributed by atoms with Gasteiger partial charge in [0.2, 0.25) is 6.10 Å². The topological polar surface area (TPSA) is 67.9 Å². The Kier molecular flexibility index (Phi) is 4.88. The normalized spacial score (nSPS) is 15.4. The van der Waals surface area contributed by atoms with Crippen LogP contribution in [0.4, 0.5) is 0 Å². The molecule has 0 saturated carbocycles. The summed E-state index contributed by atoms with van der Waals surface area (Å²) < 4.78 is 11.2. The van der Waals surface area contributed by atoms with E-state index in [4.69, 9.17) is 9.47 Å². The van der Waals surface area contributed by atoms with E-state index in [2.05, 4.69) is 5.32 Å². The molecule has 0 saturated heterocycles. The third kappa shape index (κ3) is 3.91. The molecule has 0 aromatic heterocycles. The van der Waals surface area contributed by atoms with Gasteiger partial charge >= 0.3 is 0 Å². The van der Waals surface area contributed by atoms with Gasteiger partial charge in [-0.2, -0.15) is 0 Å². The first-order valence-corrected chi connectivity index (χ1v) is 8.01. The molecule has 1 aliphatic rings. The molecule has 1 atom stereocenters. The summed E-state index contributed by atoms with van der Waals surface area (Å²) in [6, 6.07) is 14.4. The summed E-state index contributed by atoms with van der Waals surface area (Å²) in [4.78, 5) is 25.6. The Morgan fingerprint density at radius 1 is 1.08 bits per heavy atom. The Morgan fingerprint density at radius 3 is 2.44 bits per heavy atom. The van der Waals surface area contributed by atoms with Crippen LogP contribution in [0.5, 0.6) is 11.5 Å². The Balaban J connectivity index is 1.55. The zero-order valence-electron chi connectivity index (χ0n) is 14.2. The highest BCUT2D eigenvalue weighted by Gasteiger charge is 2.26. The number of carbonyl (C=O) groups is 2. The van der Waals surface area contributed by atoms with E-state index < -0.39 is 6.10 Å². The fourth-order valence-corrected chi connectivity index (χ4v) is 2.48. The molecule has 130 valence electrons. The lowest BCUT2D eigenvalue weighted by Gasteiger charge is -2.25. The number of benzene rings is 2. The molecule has 1 N–H and O–H groups in total. The maximum absolute atomic E-state index is 12.3. The molecule has 6 heteroatoms. The van der Waals surface area contributed by atoms with Crippen LogP contribution in [0.1, 0.15) is 15.9 Å². The van der Waals surface area contributed by atoms with Crippen molar-refractivity contribution >= 4 is 11.8 Å². The van der Waals surface area contributed by atoms with Gasteiger partial charge < -0.3 is 19.7 Å². The second-order valence-electron chi connectivity index (χ2n) is 5.98. The average Bonchev–Trinajstić information content (AvgIpc) is 2.65. The minimum absolute atomic E-state index is 0.0537. The molecule has 3 rings (SSSR count). The van der Waals surface area contributed by atoms with Crippen molar-refractivity contribution in [2.24, 2.45) is 0 Å². The van der Waals surface area contributed by atoms with Crippen LogP contribution < -0.4 is 14.8 Å². The number of ether oxygens (including phenoxy) is 2. The van der Waals surface area contributed by atoms with Crippen molar-refractivity contribution in [3.8, 4) is 11.5 Å². The number of hydrogen-bond donors (Lipinski definition) is 1. The first-order valence-electron chi connectivity index (χ1n) is 8.01. The van der Waals surface area contributed by atoms with Crippen LogP contribution in [0, 0.1) is 0 Å². The molecule has 0 fully saturated rings. The second-order valence-corrected chi connectivity index (χ2v) is 5.98. The molecule has 0 bridgehead atoms. The fourth-order valence-electron chi connectivity index (χ4n) is 2.48. The summed E-state index contributed by atoms with van der Waals surface area (Å²) in [7, 11) is 3.42. The van der Waals surface area contributed by atoms with Crippen molar-refractivity contribution in [2.45, 2.75) is 12.6 Å². The standard InChI is InChI=1S/C19H20N2O4/c1-21(2)19(23)14-9-7-13(8-10-14)11-20-18(22)17-12-24-15-5-3-4-6-16(15)25-17/h3-10,17H,11-12H2,1-2H3,(H,20,22)/t17-/m1/s1. The quantitative estimate of drug-likeness (QED) is 0.922. The molecular weight excluding hydrogens is 320 g/mol. The van der Waals surface area contributed by atoms with Crippen molar-refractivity contribution < 1.29 is 19.1 Å². The molecule has 2 aromatic carbocycles. The molecule has 1 heterocycles. The van der Waals surface area contributed by atoms with E-state index in [0.29, 0.717) is 23.6 Å². The molecule has 2 amide bonds. The van der Waals surface area contributed by atoms with Gasteiger partial charge in [0.25, 0.3) is 11.8 Å². The number of nitrogens with one attached hydrogen (secondary N) is 1. The van der Waals surface area contributed by atoms with Crippen molar-refractivity contribution in [3.05, 3.63) is 59.7 Å². The van der Waals surface area contributed by atoms with Gasteiger partial charge in [-0.3, -0.25) is 9.59 Å². The van der Waals surface area contributed by atoms with E-state index in [1.807, 2.05) is 24.3 Å². The maximum atomic E-state index is 12.3. The Hall–Kier alpha value is -3.02. The first kappa shape index (κ1) is 16.8. The predicted molar refractivity (Wildman–Crippen MR) is 92.7 cm³/mol. The lowest BCUT2D eigenvalue weighted by molar-refractivity contribution is -0.130. The molecule has 6 nitrogen and oxygen atoms in total. The van der Waals surface area contributed by atoms with Crippen molar-refractivity contribution in [2.75, 3.05) is 20.7 Å². The van der Waals surface area contributed by atoms with Crippen LogP contribution in [0.25, 0.3) is 0 Å². The van der Waals surface area contributed by atoms with E-state index in [0.717, 1.165) is 5.56 Å². The van der Waals surface area contributed by atoms with Crippen LogP contribution in [0.15, 0.2) is 48.5 Å². The van der Waals surface area contributed by atoms with Crippen LogP contribution in [0.3, 0.4) is 0 Å². The van der Waals surface area contributed by atoms with Gasteiger partial charge in [0.15, 0.2) is 11.5 Å². The first-order chi connectivity index (χ1) is 12.0. The summed E-state index contributed by atoms with van der Waals surface area (Å²) in [5.41, 5.74) is 1.52. The van der Waals surface area contributed by atoms with E-state index in [9.17, 15) is 9.59 Å². The lowest BCUT2D eigenvalue weighted by atomic mass is 10.1. The SMILES string of the molecule is CN(C)C(=O)c1ccc(CNC(=O)[C@H]2COc3ccccc3O2)cc1. The Labute approximate surface area is 146 Å². The van der Waals surface area contributed by atoms with Gasteiger partial charge in [-0.05, 0) is 29.8 Å². The summed E-state index contributed by atoms with van der Waals surface area (Å²) in [5, 5.41) is 2.83. The van der Waals surface area contributed by atoms with E-state index >= 15 is 0 Å². The largest absolute Gasteiger partial charge is 0.485 e. The molecule has 0 aliphatic carbocycles. The van der Waals surface area contributed by atoms with Gasteiger partial charge in [0.05, 0.1) is 0 Å². The van der Waals surface area contributed by atoms with Gasteiger partial charge in [-0.1, -0.05) is 24.3 Å². The van der Waals surface area contributed by atoms with Crippen LogP contribution in [-0.4, -0.2) is 43.5 Å². The zero-order valence-corrected chi connectivity index (χ0v) is 14.2. The summed E-state index contributed by atoms with van der Waals surface area (Å²) in [6.45, 7) is 0.538. The number of amides is 2. The van der Waals surface area contributed by atoms with Crippen molar-refractivity contribution in [1.82, 2.24) is 10.2 Å². The van der Waals surface area contributed by atoms with E-state index in [1.165, 1.54) is 4.90 Å². The molecule has 1 aliphatic heterocycles. The minimum Gasteiger partial charge on any atom is -0.485 e. The molecule has 0 spiro atoms. The lowest BCUT2D eigenvalue weighted by Crippen LogP contribution is -2.43. The Bertz CT molecular complexity index is 771. The second kappa shape index (κ2) is 7.25. The molecule has 2 aromatic rings. The van der Waals surface area contributed by atoms with E-state index in [1.54, 1.807) is 38.4 Å².